The molecule has 2 heterocycles. The van der Waals surface area contributed by atoms with E-state index >= 15 is 0 Å². The van der Waals surface area contributed by atoms with Crippen LogP contribution in [0.25, 0.3) is 16.5 Å². The molecule has 2 aromatic carbocycles. The topological polar surface area (TPSA) is 86.1 Å². The number of aryl methyl sites for hydroxylation is 1. The number of hydrogen-bond donors (Lipinski definition) is 1. The highest BCUT2D eigenvalue weighted by molar-refractivity contribution is 7.08. The summed E-state index contributed by atoms with van der Waals surface area (Å²) in [5, 5.41) is 8.77. The predicted octanol–water partition coefficient (Wildman–Crippen LogP) is 3.55. The summed E-state index contributed by atoms with van der Waals surface area (Å²) in [4.78, 5) is 28.4. The van der Waals surface area contributed by atoms with Gasteiger partial charge in [-0.05, 0) is 48.7 Å². The molecule has 0 aliphatic carbocycles. The molecule has 0 unspecified atom stereocenters. The molecule has 7 nitrogen and oxygen atoms in total. The Hall–Kier alpha value is -3.59. The van der Waals surface area contributed by atoms with E-state index in [0.29, 0.717) is 22.0 Å². The third-order valence-electron chi connectivity index (χ3n) is 4.29. The normalized spacial score (nSPS) is 10.9. The van der Waals surface area contributed by atoms with Crippen molar-refractivity contribution in [3.63, 3.8) is 0 Å². The van der Waals surface area contributed by atoms with Gasteiger partial charge in [-0.3, -0.25) is 9.59 Å². The smallest absolute Gasteiger partial charge is 0.329 e. The monoisotopic (exact) mass is 410 g/mol. The molecule has 2 aromatic heterocycles. The Bertz CT molecular complexity index is 1300. The third-order valence-corrected chi connectivity index (χ3v) is 5.02. The van der Waals surface area contributed by atoms with Crippen LogP contribution in [-0.2, 0) is 0 Å². The molecule has 0 aliphatic heterocycles. The highest BCUT2D eigenvalue weighted by atomic mass is 32.1. The minimum Gasteiger partial charge on any atom is -0.497 e. The van der Waals surface area contributed by atoms with Crippen molar-refractivity contribution in [2.45, 2.75) is 6.92 Å². The number of hydrogen-bond acceptors (Lipinski definition) is 6. The molecule has 0 radical (unpaired) electrons. The molecule has 9 heteroatoms. The molecule has 4 rings (SSSR count). The molecule has 0 atom stereocenters. The van der Waals surface area contributed by atoms with Gasteiger partial charge in [-0.1, -0.05) is 11.3 Å². The van der Waals surface area contributed by atoms with Gasteiger partial charge in [0.1, 0.15) is 22.4 Å². The van der Waals surface area contributed by atoms with Crippen molar-refractivity contribution in [3.05, 3.63) is 74.7 Å². The number of halogens is 1. The second-order valence-electron chi connectivity index (χ2n) is 6.16. The Balaban J connectivity index is 1.65. The molecule has 0 saturated heterocycles. The largest absolute Gasteiger partial charge is 0.497 e. The molecule has 0 saturated carbocycles. The number of carbonyl (C=O) groups excluding carboxylic acids is 1. The highest BCUT2D eigenvalue weighted by Crippen LogP contribution is 2.26. The number of pyridine rings is 1. The van der Waals surface area contributed by atoms with Crippen LogP contribution in [0.4, 0.5) is 10.2 Å². The van der Waals surface area contributed by atoms with E-state index in [0.717, 1.165) is 27.5 Å². The molecule has 29 heavy (non-hydrogen) atoms. The summed E-state index contributed by atoms with van der Waals surface area (Å²) in [7, 11) is 1.57. The molecular formula is C20H15FN4O3S. The minimum atomic E-state index is -0.764. The first-order valence-corrected chi connectivity index (χ1v) is 9.39. The van der Waals surface area contributed by atoms with Crippen LogP contribution < -0.4 is 14.9 Å². The molecule has 1 amide bonds. The minimum absolute atomic E-state index is 0.166. The van der Waals surface area contributed by atoms with Gasteiger partial charge in [0.05, 0.1) is 18.4 Å². The average molecular weight is 410 g/mol. The first-order valence-electron chi connectivity index (χ1n) is 8.57. The zero-order chi connectivity index (χ0) is 20.5. The van der Waals surface area contributed by atoms with Gasteiger partial charge in [0.25, 0.3) is 5.91 Å². The highest BCUT2D eigenvalue weighted by Gasteiger charge is 2.16. The van der Waals surface area contributed by atoms with Crippen molar-refractivity contribution in [2.75, 3.05) is 12.4 Å². The Kier molecular flexibility index (Phi) is 4.81. The fraction of sp³-hybridized carbons (Fsp3) is 0.100. The van der Waals surface area contributed by atoms with Crippen LogP contribution in [0.5, 0.6) is 5.75 Å². The quantitative estimate of drug-likeness (QED) is 0.556. The van der Waals surface area contributed by atoms with Crippen LogP contribution in [-0.4, -0.2) is 27.8 Å². The number of benzene rings is 2. The lowest BCUT2D eigenvalue weighted by Crippen LogP contribution is -2.17. The van der Waals surface area contributed by atoms with E-state index in [4.69, 9.17) is 4.74 Å². The van der Waals surface area contributed by atoms with Gasteiger partial charge in [-0.25, -0.2) is 9.37 Å². The number of carbonyl (C=O) groups is 1. The van der Waals surface area contributed by atoms with E-state index in [-0.39, 0.29) is 16.1 Å². The Morgan fingerprint density at radius 2 is 2.03 bits per heavy atom. The molecular weight excluding hydrogens is 395 g/mol. The number of anilines is 1. The van der Waals surface area contributed by atoms with E-state index in [1.807, 2.05) is 6.07 Å². The lowest BCUT2D eigenvalue weighted by molar-refractivity contribution is 0.102. The number of fused-ring (bicyclic) bond motifs is 1. The van der Waals surface area contributed by atoms with E-state index in [1.54, 1.807) is 38.4 Å². The summed E-state index contributed by atoms with van der Waals surface area (Å²) in [6.45, 7) is 1.69. The van der Waals surface area contributed by atoms with Gasteiger partial charge in [-0.2, -0.15) is 9.78 Å². The van der Waals surface area contributed by atoms with Crippen molar-refractivity contribution in [1.82, 2.24) is 14.8 Å². The molecule has 1 N–H and O–H groups in total. The zero-order valence-electron chi connectivity index (χ0n) is 15.5. The van der Waals surface area contributed by atoms with Crippen molar-refractivity contribution in [2.24, 2.45) is 0 Å². The Morgan fingerprint density at radius 1 is 1.21 bits per heavy atom. The summed E-state index contributed by atoms with van der Waals surface area (Å²) in [5.74, 6) is -0.425. The Morgan fingerprint density at radius 3 is 2.72 bits per heavy atom. The maximum atomic E-state index is 14.6. The van der Waals surface area contributed by atoms with Gasteiger partial charge >= 0.3 is 4.87 Å². The summed E-state index contributed by atoms with van der Waals surface area (Å²) >= 11 is 0.963. The molecule has 0 fully saturated rings. The molecule has 0 aliphatic rings. The van der Waals surface area contributed by atoms with Crippen LogP contribution >= 0.6 is 11.3 Å². The summed E-state index contributed by atoms with van der Waals surface area (Å²) < 4.78 is 20.9. The first-order chi connectivity index (χ1) is 14.0. The second-order valence-corrected chi connectivity index (χ2v) is 7.31. The van der Waals surface area contributed by atoms with Crippen LogP contribution in [0.1, 0.15) is 15.4 Å². The van der Waals surface area contributed by atoms with Crippen molar-refractivity contribution >= 4 is 33.8 Å². The number of rotatable bonds is 4. The van der Waals surface area contributed by atoms with Gasteiger partial charge in [0.2, 0.25) is 0 Å². The van der Waals surface area contributed by atoms with E-state index < -0.39 is 11.7 Å². The van der Waals surface area contributed by atoms with E-state index in [9.17, 15) is 14.0 Å². The fourth-order valence-corrected chi connectivity index (χ4v) is 3.52. The van der Waals surface area contributed by atoms with E-state index in [2.05, 4.69) is 15.4 Å². The van der Waals surface area contributed by atoms with Crippen LogP contribution in [0.15, 0.2) is 53.5 Å². The lowest BCUT2D eigenvalue weighted by Gasteiger charge is -2.10. The van der Waals surface area contributed by atoms with Crippen LogP contribution in [0, 0.1) is 12.7 Å². The zero-order valence-corrected chi connectivity index (χ0v) is 16.3. The SMILES string of the molecule is COc1ccc2c(NC(=O)c3ccc(-n4nc(C)sc4=O)cc3F)nccc2c1. The standard InChI is InChI=1S/C20H15FN4O3S/c1-11-24-25(20(27)29-11)13-3-5-16(17(21)10-13)19(26)23-18-15-6-4-14(28-2)9-12(15)7-8-22-18/h3-10H,1-2H3,(H,22,23,26). The number of nitrogens with one attached hydrogen (secondary N) is 1. The number of nitrogens with zero attached hydrogens (tertiary/aromatic N) is 3. The molecule has 4 aromatic rings. The van der Waals surface area contributed by atoms with Crippen LogP contribution in [0.3, 0.4) is 0 Å². The second kappa shape index (κ2) is 7.44. The maximum absolute atomic E-state index is 14.6. The van der Waals surface area contributed by atoms with Gasteiger partial charge in [0.15, 0.2) is 0 Å². The fourth-order valence-electron chi connectivity index (χ4n) is 2.91. The maximum Gasteiger partial charge on any atom is 0.329 e. The summed E-state index contributed by atoms with van der Waals surface area (Å²) in [5.41, 5.74) is 0.0878. The van der Waals surface area contributed by atoms with Crippen molar-refractivity contribution < 1.29 is 13.9 Å². The van der Waals surface area contributed by atoms with E-state index in [1.165, 1.54) is 12.1 Å². The third kappa shape index (κ3) is 3.59. The predicted molar refractivity (Wildman–Crippen MR) is 109 cm³/mol. The number of ether oxygens (including phenoxy) is 1. The number of methoxy groups -OCH3 is 1. The summed E-state index contributed by atoms with van der Waals surface area (Å²) in [6, 6.07) is 11.0. The molecule has 146 valence electrons. The van der Waals surface area contributed by atoms with Crippen LogP contribution in [0.2, 0.25) is 0 Å². The Labute approximate surface area is 168 Å². The van der Waals surface area contributed by atoms with Crippen molar-refractivity contribution in [3.8, 4) is 11.4 Å². The van der Waals surface area contributed by atoms with Gasteiger partial charge < -0.3 is 10.1 Å². The molecule has 0 spiro atoms. The lowest BCUT2D eigenvalue weighted by atomic mass is 10.1. The van der Waals surface area contributed by atoms with Gasteiger partial charge in [-0.15, -0.1) is 0 Å². The summed E-state index contributed by atoms with van der Waals surface area (Å²) in [6.07, 6.45) is 1.55. The number of amides is 1. The first kappa shape index (κ1) is 18.8. The molecule has 0 bridgehead atoms. The average Bonchev–Trinajstić information content (AvgIpc) is 3.05. The van der Waals surface area contributed by atoms with Crippen molar-refractivity contribution in [1.29, 1.82) is 0 Å². The number of aromatic nitrogens is 3. The van der Waals surface area contributed by atoms with Gasteiger partial charge in [0, 0.05) is 17.6 Å².